The first-order valence-electron chi connectivity index (χ1n) is 4.74. The maximum Gasteiger partial charge on any atom is 0.320 e. The first kappa shape index (κ1) is 13.9. The molecular formula is C9H18N2O4. The maximum atomic E-state index is 11.4. The molecule has 0 aliphatic carbocycles. The minimum Gasteiger partial charge on any atom is -0.480 e. The minimum atomic E-state index is -0.980. The van der Waals surface area contributed by atoms with Gasteiger partial charge in [0.05, 0.1) is 12.6 Å². The van der Waals surface area contributed by atoms with E-state index < -0.39 is 18.1 Å². The van der Waals surface area contributed by atoms with Crippen LogP contribution in [0.15, 0.2) is 0 Å². The number of amides is 1. The van der Waals surface area contributed by atoms with Crippen LogP contribution in [-0.2, 0) is 14.3 Å². The van der Waals surface area contributed by atoms with E-state index in [2.05, 4.69) is 10.6 Å². The lowest BCUT2D eigenvalue weighted by Crippen LogP contribution is -2.48. The molecule has 2 atom stereocenters. The zero-order valence-corrected chi connectivity index (χ0v) is 9.24. The molecule has 0 rings (SSSR count). The molecule has 6 nitrogen and oxygen atoms in total. The molecule has 0 aromatic heterocycles. The molecule has 88 valence electrons. The fourth-order valence-electron chi connectivity index (χ4n) is 0.951. The molecule has 0 spiro atoms. The van der Waals surface area contributed by atoms with E-state index >= 15 is 0 Å². The Morgan fingerprint density at radius 1 is 1.33 bits per heavy atom. The monoisotopic (exact) mass is 218 g/mol. The van der Waals surface area contributed by atoms with E-state index in [0.717, 1.165) is 0 Å². The average Bonchev–Trinajstić information content (AvgIpc) is 2.17. The highest BCUT2D eigenvalue weighted by atomic mass is 16.5. The zero-order valence-electron chi connectivity index (χ0n) is 9.24. The van der Waals surface area contributed by atoms with E-state index in [9.17, 15) is 9.59 Å². The fourth-order valence-corrected chi connectivity index (χ4v) is 0.951. The third-order valence-corrected chi connectivity index (χ3v) is 1.87. The van der Waals surface area contributed by atoms with Gasteiger partial charge in [0.2, 0.25) is 5.91 Å². The first-order chi connectivity index (χ1) is 6.99. The van der Waals surface area contributed by atoms with Crippen molar-refractivity contribution in [2.75, 3.05) is 20.3 Å². The van der Waals surface area contributed by atoms with Crippen LogP contribution in [0.5, 0.6) is 0 Å². The summed E-state index contributed by atoms with van der Waals surface area (Å²) in [5.74, 6) is -1.22. The third kappa shape index (κ3) is 6.03. The van der Waals surface area contributed by atoms with Crippen LogP contribution in [0.3, 0.4) is 0 Å². The molecule has 0 aromatic carbocycles. The number of aliphatic carboxylic acids is 1. The van der Waals surface area contributed by atoms with Crippen molar-refractivity contribution < 1.29 is 19.4 Å². The highest BCUT2D eigenvalue weighted by Gasteiger charge is 2.18. The van der Waals surface area contributed by atoms with Crippen molar-refractivity contribution in [1.29, 1.82) is 0 Å². The Kier molecular flexibility index (Phi) is 6.64. The lowest BCUT2D eigenvalue weighted by Gasteiger charge is -2.16. The summed E-state index contributed by atoms with van der Waals surface area (Å²) in [4.78, 5) is 21.9. The number of ether oxygens (including phenoxy) is 1. The summed E-state index contributed by atoms with van der Waals surface area (Å²) in [6.45, 7) is 3.96. The molecule has 0 heterocycles. The average molecular weight is 218 g/mol. The fraction of sp³-hybridized carbons (Fsp3) is 0.778. The zero-order chi connectivity index (χ0) is 11.8. The molecule has 1 amide bonds. The van der Waals surface area contributed by atoms with E-state index in [1.807, 2.05) is 0 Å². The lowest BCUT2D eigenvalue weighted by atomic mass is 10.2. The number of carbonyl (C=O) groups excluding carboxylic acids is 1. The van der Waals surface area contributed by atoms with Gasteiger partial charge < -0.3 is 15.2 Å². The van der Waals surface area contributed by atoms with Crippen molar-refractivity contribution in [1.82, 2.24) is 10.6 Å². The van der Waals surface area contributed by atoms with Crippen LogP contribution in [0.4, 0.5) is 0 Å². The quantitative estimate of drug-likeness (QED) is 0.487. The van der Waals surface area contributed by atoms with Crippen molar-refractivity contribution in [3.05, 3.63) is 0 Å². The van der Waals surface area contributed by atoms with E-state index in [1.165, 1.54) is 6.92 Å². The molecule has 0 radical (unpaired) electrons. The van der Waals surface area contributed by atoms with Gasteiger partial charge in [-0.05, 0) is 13.8 Å². The summed E-state index contributed by atoms with van der Waals surface area (Å²) in [5.41, 5.74) is 0. The molecule has 0 saturated heterocycles. The smallest absolute Gasteiger partial charge is 0.320 e. The topological polar surface area (TPSA) is 87.7 Å². The molecular weight excluding hydrogens is 200 g/mol. The standard InChI is InChI=1S/C9H18N2O4/c1-6(11-7(2)9(13)14)8(12)10-4-5-15-3/h6-7,11H,4-5H2,1-3H3,(H,10,12)(H,13,14). The summed E-state index contributed by atoms with van der Waals surface area (Å²) in [6, 6.07) is -1.28. The molecule has 0 fully saturated rings. The maximum absolute atomic E-state index is 11.4. The SMILES string of the molecule is COCCNC(=O)C(C)NC(C)C(=O)O. The summed E-state index contributed by atoms with van der Waals surface area (Å²) in [6.07, 6.45) is 0. The summed E-state index contributed by atoms with van der Waals surface area (Å²) in [7, 11) is 1.54. The van der Waals surface area contributed by atoms with Crippen LogP contribution in [0, 0.1) is 0 Å². The minimum absolute atomic E-state index is 0.236. The van der Waals surface area contributed by atoms with Gasteiger partial charge in [-0.1, -0.05) is 0 Å². The number of hydrogen-bond acceptors (Lipinski definition) is 4. The van der Waals surface area contributed by atoms with Crippen LogP contribution < -0.4 is 10.6 Å². The molecule has 15 heavy (non-hydrogen) atoms. The van der Waals surface area contributed by atoms with Gasteiger partial charge in [0, 0.05) is 13.7 Å². The van der Waals surface area contributed by atoms with E-state index in [4.69, 9.17) is 9.84 Å². The predicted molar refractivity (Wildman–Crippen MR) is 54.6 cm³/mol. The lowest BCUT2D eigenvalue weighted by molar-refractivity contribution is -0.139. The van der Waals surface area contributed by atoms with Crippen LogP contribution in [0.1, 0.15) is 13.8 Å². The Morgan fingerprint density at radius 3 is 2.40 bits per heavy atom. The van der Waals surface area contributed by atoms with Crippen LogP contribution >= 0.6 is 0 Å². The van der Waals surface area contributed by atoms with Gasteiger partial charge in [-0.25, -0.2) is 0 Å². The highest BCUT2D eigenvalue weighted by molar-refractivity contribution is 5.82. The Bertz CT molecular complexity index is 220. The molecule has 0 aliphatic rings. The van der Waals surface area contributed by atoms with Crippen LogP contribution in [0.2, 0.25) is 0 Å². The summed E-state index contributed by atoms with van der Waals surface area (Å²) >= 11 is 0. The predicted octanol–water partition coefficient (Wildman–Crippen LogP) is -0.800. The number of carbonyl (C=O) groups is 2. The first-order valence-corrected chi connectivity index (χ1v) is 4.74. The van der Waals surface area contributed by atoms with E-state index in [1.54, 1.807) is 14.0 Å². The van der Waals surface area contributed by atoms with Gasteiger partial charge in [0.15, 0.2) is 0 Å². The number of carboxylic acid groups (broad SMARTS) is 1. The Hall–Kier alpha value is -1.14. The largest absolute Gasteiger partial charge is 0.480 e. The molecule has 0 saturated carbocycles. The van der Waals surface area contributed by atoms with Crippen molar-refractivity contribution in [2.24, 2.45) is 0 Å². The van der Waals surface area contributed by atoms with Gasteiger partial charge in [-0.2, -0.15) is 0 Å². The van der Waals surface area contributed by atoms with Crippen molar-refractivity contribution in [2.45, 2.75) is 25.9 Å². The number of methoxy groups -OCH3 is 1. The second-order valence-corrected chi connectivity index (χ2v) is 3.23. The second kappa shape index (κ2) is 7.19. The number of rotatable bonds is 7. The second-order valence-electron chi connectivity index (χ2n) is 3.23. The molecule has 0 bridgehead atoms. The van der Waals surface area contributed by atoms with Gasteiger partial charge in [0.1, 0.15) is 6.04 Å². The number of nitrogens with one attached hydrogen (secondary N) is 2. The van der Waals surface area contributed by atoms with E-state index in [-0.39, 0.29) is 5.91 Å². The third-order valence-electron chi connectivity index (χ3n) is 1.87. The summed E-state index contributed by atoms with van der Waals surface area (Å²) in [5, 5.41) is 13.9. The van der Waals surface area contributed by atoms with Gasteiger partial charge in [-0.3, -0.25) is 14.9 Å². The molecule has 6 heteroatoms. The van der Waals surface area contributed by atoms with Crippen LogP contribution in [-0.4, -0.2) is 49.3 Å². The molecule has 0 aromatic rings. The summed E-state index contributed by atoms with van der Waals surface area (Å²) < 4.78 is 4.76. The Morgan fingerprint density at radius 2 is 1.93 bits per heavy atom. The van der Waals surface area contributed by atoms with Gasteiger partial charge >= 0.3 is 5.97 Å². The highest BCUT2D eigenvalue weighted by Crippen LogP contribution is 1.88. The number of carboxylic acids is 1. The van der Waals surface area contributed by atoms with Crippen LogP contribution in [0.25, 0.3) is 0 Å². The number of hydrogen-bond donors (Lipinski definition) is 3. The van der Waals surface area contributed by atoms with Crippen molar-refractivity contribution in [3.63, 3.8) is 0 Å². The van der Waals surface area contributed by atoms with Gasteiger partial charge in [0.25, 0.3) is 0 Å². The van der Waals surface area contributed by atoms with Crippen molar-refractivity contribution >= 4 is 11.9 Å². The van der Waals surface area contributed by atoms with E-state index in [0.29, 0.717) is 13.2 Å². The molecule has 0 aliphatic heterocycles. The Labute approximate surface area is 89.0 Å². The molecule has 3 N–H and O–H groups in total. The normalized spacial score (nSPS) is 14.3. The van der Waals surface area contributed by atoms with Gasteiger partial charge in [-0.15, -0.1) is 0 Å². The molecule has 2 unspecified atom stereocenters. The van der Waals surface area contributed by atoms with Crippen molar-refractivity contribution in [3.8, 4) is 0 Å². The Balaban J connectivity index is 3.83.